The lowest BCUT2D eigenvalue weighted by Gasteiger charge is -2.23. The molecule has 14 heavy (non-hydrogen) atoms. The summed E-state index contributed by atoms with van der Waals surface area (Å²) < 4.78 is 23.6. The van der Waals surface area contributed by atoms with Gasteiger partial charge in [0.2, 0.25) is 0 Å². The van der Waals surface area contributed by atoms with Crippen LogP contribution in [-0.4, -0.2) is 28.8 Å². The van der Waals surface area contributed by atoms with Crippen molar-refractivity contribution in [2.75, 3.05) is 18.6 Å². The Balaban J connectivity index is 2.01. The highest BCUT2D eigenvalue weighted by atomic mass is 32.2. The zero-order valence-electron chi connectivity index (χ0n) is 8.25. The number of carbonyl (C=O) groups is 1. The molecule has 1 saturated carbocycles. The molecule has 0 aromatic heterocycles. The molecule has 1 aliphatic carbocycles. The summed E-state index contributed by atoms with van der Waals surface area (Å²) in [6.45, 7) is 0. The molecule has 0 amide bonds. The molecule has 0 radical (unpaired) electrons. The molecule has 0 aromatic rings. The largest absolute Gasteiger partial charge is 0.469 e. The van der Waals surface area contributed by atoms with E-state index in [4.69, 9.17) is 9.52 Å². The molecule has 80 valence electrons. The van der Waals surface area contributed by atoms with E-state index in [-0.39, 0.29) is 17.3 Å². The van der Waals surface area contributed by atoms with Crippen LogP contribution in [0, 0.1) is 16.1 Å². The van der Waals surface area contributed by atoms with Gasteiger partial charge in [-0.2, -0.15) is 0 Å². The zero-order chi connectivity index (χ0) is 10.4. The molecule has 5 heteroatoms. The molecule has 1 atom stereocenters. The lowest BCUT2D eigenvalue weighted by atomic mass is 9.96. The van der Waals surface area contributed by atoms with Gasteiger partial charge in [0.15, 0.2) is 0 Å². The van der Waals surface area contributed by atoms with Gasteiger partial charge in [-0.05, 0) is 24.7 Å². The zero-order valence-corrected chi connectivity index (χ0v) is 9.06. The van der Waals surface area contributed by atoms with Gasteiger partial charge in [-0.3, -0.25) is 9.57 Å². The van der Waals surface area contributed by atoms with E-state index in [2.05, 4.69) is 0 Å². The first-order chi connectivity index (χ1) is 6.49. The van der Waals surface area contributed by atoms with Crippen LogP contribution in [0.4, 0.5) is 0 Å². The quantitative estimate of drug-likeness (QED) is 0.666. The fourth-order valence-electron chi connectivity index (χ4n) is 2.34. The summed E-state index contributed by atoms with van der Waals surface area (Å²) in [6.07, 6.45) is 2.39. The molecular formula is C9H15NO3S. The van der Waals surface area contributed by atoms with Crippen molar-refractivity contribution in [3.8, 4) is 0 Å². The Morgan fingerprint density at radius 2 is 2.07 bits per heavy atom. The second-order valence-corrected chi connectivity index (χ2v) is 6.80. The standard InChI is InChI=1S/C9H15NO3S/c1-13-8(11)7-6-9(7)2-4-14(10,12)5-3-9/h7,10H,2-6H2,1H3. The Bertz CT molecular complexity index is 346. The fraction of sp³-hybridized carbons (Fsp3) is 0.889. The van der Waals surface area contributed by atoms with Crippen LogP contribution in [0.3, 0.4) is 0 Å². The number of hydrogen-bond donors (Lipinski definition) is 1. The average molecular weight is 217 g/mol. The summed E-state index contributed by atoms with van der Waals surface area (Å²) >= 11 is 0. The second kappa shape index (κ2) is 2.95. The summed E-state index contributed by atoms with van der Waals surface area (Å²) in [5.41, 5.74) is 0.0506. The minimum Gasteiger partial charge on any atom is -0.469 e. The lowest BCUT2D eigenvalue weighted by molar-refractivity contribution is -0.143. The molecule has 1 aliphatic heterocycles. The van der Waals surface area contributed by atoms with Gasteiger partial charge >= 0.3 is 5.97 Å². The van der Waals surface area contributed by atoms with E-state index in [1.807, 2.05) is 0 Å². The summed E-state index contributed by atoms with van der Waals surface area (Å²) in [5, 5.41) is 0. The highest BCUT2D eigenvalue weighted by Crippen LogP contribution is 2.60. The van der Waals surface area contributed by atoms with Crippen LogP contribution in [0.15, 0.2) is 0 Å². The number of methoxy groups -OCH3 is 1. The van der Waals surface area contributed by atoms with E-state index < -0.39 is 9.73 Å². The molecule has 1 saturated heterocycles. The average Bonchev–Trinajstić information content (AvgIpc) is 2.85. The molecule has 2 rings (SSSR count). The Hall–Kier alpha value is -0.580. The Morgan fingerprint density at radius 3 is 2.57 bits per heavy atom. The molecule has 1 heterocycles. The number of esters is 1. The molecule has 1 unspecified atom stereocenters. The number of rotatable bonds is 1. The first-order valence-corrected chi connectivity index (χ1v) is 6.71. The molecular weight excluding hydrogens is 202 g/mol. The van der Waals surface area contributed by atoms with E-state index in [0.29, 0.717) is 11.5 Å². The Labute approximate surface area is 84.0 Å². The summed E-state index contributed by atoms with van der Waals surface area (Å²) in [6, 6.07) is 0. The monoisotopic (exact) mass is 217 g/mol. The molecule has 0 aromatic carbocycles. The Kier molecular flexibility index (Phi) is 2.10. The van der Waals surface area contributed by atoms with Crippen molar-refractivity contribution in [2.24, 2.45) is 11.3 Å². The van der Waals surface area contributed by atoms with Gasteiger partial charge in [0.1, 0.15) is 0 Å². The minimum atomic E-state index is -2.32. The highest BCUT2D eigenvalue weighted by Gasteiger charge is 2.59. The van der Waals surface area contributed by atoms with Gasteiger partial charge in [0, 0.05) is 21.2 Å². The first kappa shape index (κ1) is 9.96. The van der Waals surface area contributed by atoms with Crippen LogP contribution in [0.25, 0.3) is 0 Å². The van der Waals surface area contributed by atoms with Crippen LogP contribution in [0.5, 0.6) is 0 Å². The maximum Gasteiger partial charge on any atom is 0.309 e. The van der Waals surface area contributed by atoms with Crippen LogP contribution in [0.1, 0.15) is 19.3 Å². The minimum absolute atomic E-state index is 0.0167. The van der Waals surface area contributed by atoms with Gasteiger partial charge in [-0.15, -0.1) is 0 Å². The SMILES string of the molecule is COC(=O)C1CC12CCS(=N)(=O)CC2. The summed E-state index contributed by atoms with van der Waals surface area (Å²) in [7, 11) is -0.914. The van der Waals surface area contributed by atoms with Crippen molar-refractivity contribution in [1.82, 2.24) is 0 Å². The number of nitrogens with one attached hydrogen (secondary N) is 1. The second-order valence-electron chi connectivity index (χ2n) is 4.36. The summed E-state index contributed by atoms with van der Waals surface area (Å²) in [4.78, 5) is 11.3. The van der Waals surface area contributed by atoms with E-state index in [1.54, 1.807) is 0 Å². The van der Waals surface area contributed by atoms with Gasteiger partial charge in [-0.25, -0.2) is 4.21 Å². The van der Waals surface area contributed by atoms with E-state index in [1.165, 1.54) is 7.11 Å². The third-order valence-electron chi connectivity index (χ3n) is 3.53. The van der Waals surface area contributed by atoms with E-state index in [9.17, 15) is 9.00 Å². The molecule has 1 spiro atoms. The molecule has 2 fully saturated rings. The van der Waals surface area contributed by atoms with Crippen LogP contribution in [0.2, 0.25) is 0 Å². The molecule has 2 aliphatic rings. The molecule has 0 bridgehead atoms. The topological polar surface area (TPSA) is 67.2 Å². The van der Waals surface area contributed by atoms with Crippen molar-refractivity contribution in [2.45, 2.75) is 19.3 Å². The number of carbonyl (C=O) groups excluding carboxylic acids is 1. The van der Waals surface area contributed by atoms with E-state index in [0.717, 1.165) is 19.3 Å². The van der Waals surface area contributed by atoms with Crippen LogP contribution in [-0.2, 0) is 19.3 Å². The number of hydrogen-bond acceptors (Lipinski definition) is 4. The van der Waals surface area contributed by atoms with Crippen molar-refractivity contribution in [3.63, 3.8) is 0 Å². The van der Waals surface area contributed by atoms with Crippen molar-refractivity contribution in [1.29, 1.82) is 4.78 Å². The predicted octanol–water partition coefficient (Wildman–Crippen LogP) is 1.01. The number of ether oxygens (including phenoxy) is 1. The van der Waals surface area contributed by atoms with Crippen LogP contribution >= 0.6 is 0 Å². The van der Waals surface area contributed by atoms with Crippen molar-refractivity contribution < 1.29 is 13.7 Å². The maximum absolute atomic E-state index is 11.4. The smallest absolute Gasteiger partial charge is 0.309 e. The van der Waals surface area contributed by atoms with Gasteiger partial charge in [0.05, 0.1) is 13.0 Å². The van der Waals surface area contributed by atoms with Gasteiger partial charge < -0.3 is 4.74 Å². The fourth-order valence-corrected chi connectivity index (χ4v) is 4.02. The molecule has 4 nitrogen and oxygen atoms in total. The normalized spacial score (nSPS) is 46.2. The highest BCUT2D eigenvalue weighted by molar-refractivity contribution is 7.92. The van der Waals surface area contributed by atoms with Crippen molar-refractivity contribution in [3.05, 3.63) is 0 Å². The van der Waals surface area contributed by atoms with E-state index >= 15 is 0 Å². The third kappa shape index (κ3) is 1.54. The lowest BCUT2D eigenvalue weighted by Crippen LogP contribution is -2.26. The third-order valence-corrected chi connectivity index (χ3v) is 5.26. The van der Waals surface area contributed by atoms with Gasteiger partial charge in [0.25, 0.3) is 0 Å². The molecule has 1 N–H and O–H groups in total. The Morgan fingerprint density at radius 1 is 1.50 bits per heavy atom. The first-order valence-electron chi connectivity index (χ1n) is 4.81. The van der Waals surface area contributed by atoms with Crippen molar-refractivity contribution >= 4 is 15.7 Å². The maximum atomic E-state index is 11.4. The van der Waals surface area contributed by atoms with Gasteiger partial charge in [-0.1, -0.05) is 0 Å². The van der Waals surface area contributed by atoms with Crippen LogP contribution < -0.4 is 0 Å². The predicted molar refractivity (Wildman–Crippen MR) is 52.4 cm³/mol. The summed E-state index contributed by atoms with van der Waals surface area (Å²) in [5.74, 6) is 0.799.